The van der Waals surface area contributed by atoms with Gasteiger partial charge in [-0.15, -0.1) is 0 Å². The lowest BCUT2D eigenvalue weighted by atomic mass is 10.0. The first kappa shape index (κ1) is 20.2. The second-order valence-corrected chi connectivity index (χ2v) is 10.6. The van der Waals surface area contributed by atoms with Crippen LogP contribution in [0.2, 0.25) is 10.1 Å². The first-order chi connectivity index (χ1) is 10.9. The summed E-state index contributed by atoms with van der Waals surface area (Å²) in [6, 6.07) is 5.90. The molecule has 0 aliphatic rings. The maximum Gasteiger partial charge on any atom is 0.252 e. The second kappa shape index (κ2) is 10.1. The minimum absolute atomic E-state index is 0.0284. The Hall–Kier alpha value is -0.803. The quantitative estimate of drug-likeness (QED) is 0.489. The number of nitrogens with one attached hydrogen (secondary N) is 1. The van der Waals surface area contributed by atoms with E-state index in [4.69, 9.17) is 11.6 Å². The van der Waals surface area contributed by atoms with E-state index in [9.17, 15) is 4.79 Å². The normalized spacial score (nSPS) is 12.0. The third-order valence-corrected chi connectivity index (χ3v) is 6.89. The van der Waals surface area contributed by atoms with E-state index in [2.05, 4.69) is 32.2 Å². The molecule has 4 heteroatoms. The van der Waals surface area contributed by atoms with Crippen molar-refractivity contribution < 1.29 is 4.79 Å². The number of benzene rings is 1. The summed E-state index contributed by atoms with van der Waals surface area (Å²) in [5, 5.41) is 4.99. The van der Waals surface area contributed by atoms with Crippen LogP contribution in [0.25, 0.3) is 0 Å². The highest BCUT2D eigenvalue weighted by Crippen LogP contribution is 2.31. The second-order valence-electron chi connectivity index (χ2n) is 7.14. The van der Waals surface area contributed by atoms with E-state index >= 15 is 0 Å². The fraction of sp³-hybridized carbons (Fsp3) is 0.632. The third-order valence-electron chi connectivity index (χ3n) is 4.29. The number of amides is 1. The Bertz CT molecular complexity index is 502. The van der Waals surface area contributed by atoms with Crippen LogP contribution in [0.15, 0.2) is 18.2 Å². The molecule has 1 aromatic rings. The number of unbranched alkanes of at least 4 members (excludes halogenated alkanes) is 4. The lowest BCUT2D eigenvalue weighted by molar-refractivity contribution is 0.0957. The zero-order valence-electron chi connectivity index (χ0n) is 15.2. The van der Waals surface area contributed by atoms with Gasteiger partial charge >= 0.3 is 0 Å². The molecule has 0 spiro atoms. The van der Waals surface area contributed by atoms with Crippen molar-refractivity contribution in [3.63, 3.8) is 0 Å². The van der Waals surface area contributed by atoms with Gasteiger partial charge in [-0.1, -0.05) is 88.2 Å². The maximum absolute atomic E-state index is 12.3. The summed E-state index contributed by atoms with van der Waals surface area (Å²) in [6.45, 7) is 9.51. The molecule has 130 valence electrons. The minimum atomic E-state index is -0.578. The van der Waals surface area contributed by atoms with Crippen LogP contribution in [0.3, 0.4) is 0 Å². The molecular weight excluding hydrogens is 322 g/mol. The Morgan fingerprint density at radius 2 is 1.87 bits per heavy atom. The van der Waals surface area contributed by atoms with Crippen molar-refractivity contribution in [3.8, 4) is 0 Å². The van der Waals surface area contributed by atoms with Gasteiger partial charge in [-0.25, -0.2) is 0 Å². The zero-order valence-corrected chi connectivity index (χ0v) is 17.3. The number of carbonyl (C=O) groups is 1. The molecular formula is C19H32ClNOSi. The Labute approximate surface area is 149 Å². The molecule has 1 amide bonds. The summed E-state index contributed by atoms with van der Waals surface area (Å²) >= 11 is 6.31. The highest BCUT2D eigenvalue weighted by Gasteiger charge is 2.23. The number of halogens is 1. The lowest BCUT2D eigenvalue weighted by Crippen LogP contribution is -2.35. The Kier molecular flexibility index (Phi) is 8.93. The average molecular weight is 354 g/mol. The molecule has 2 nitrogen and oxygen atoms in total. The molecule has 0 atom stereocenters. The first-order valence-corrected chi connectivity index (χ1v) is 10.8. The van der Waals surface area contributed by atoms with E-state index < -0.39 is 9.52 Å². The van der Waals surface area contributed by atoms with E-state index in [1.54, 1.807) is 0 Å². The highest BCUT2D eigenvalue weighted by molar-refractivity contribution is 6.59. The standard InChI is InChI=1S/C19H32ClNOSi/c1-5-7-8-9-10-14-19(3,4)23-16-13-11-12-15(20)17(16)18(22)21-6-2/h11-13H,5-10,14,23H2,1-4H3,(H,21,22). The molecule has 1 rings (SSSR count). The molecule has 0 aliphatic carbocycles. The summed E-state index contributed by atoms with van der Waals surface area (Å²) in [4.78, 5) is 12.3. The van der Waals surface area contributed by atoms with Gasteiger partial charge in [0, 0.05) is 6.54 Å². The van der Waals surface area contributed by atoms with Gasteiger partial charge in [-0.3, -0.25) is 4.79 Å². The number of rotatable bonds is 10. The van der Waals surface area contributed by atoms with Crippen molar-refractivity contribution in [1.82, 2.24) is 5.32 Å². The van der Waals surface area contributed by atoms with Gasteiger partial charge < -0.3 is 5.32 Å². The molecule has 0 aliphatic heterocycles. The fourth-order valence-corrected chi connectivity index (χ4v) is 5.66. The van der Waals surface area contributed by atoms with Crippen LogP contribution < -0.4 is 10.5 Å². The molecule has 0 unspecified atom stereocenters. The zero-order chi connectivity index (χ0) is 17.3. The van der Waals surface area contributed by atoms with Crippen LogP contribution in [0.1, 0.15) is 76.6 Å². The first-order valence-electron chi connectivity index (χ1n) is 8.97. The van der Waals surface area contributed by atoms with Crippen molar-refractivity contribution >= 4 is 32.2 Å². The summed E-state index contributed by atoms with van der Waals surface area (Å²) in [7, 11) is -0.578. The minimum Gasteiger partial charge on any atom is -0.352 e. The van der Waals surface area contributed by atoms with Gasteiger partial charge in [0.05, 0.1) is 20.1 Å². The number of hydrogen-bond donors (Lipinski definition) is 1. The number of hydrogen-bond acceptors (Lipinski definition) is 1. The third kappa shape index (κ3) is 7.09. The van der Waals surface area contributed by atoms with E-state index in [0.717, 1.165) is 0 Å². The largest absolute Gasteiger partial charge is 0.352 e. The summed E-state index contributed by atoms with van der Waals surface area (Å²) in [5.41, 5.74) is 0.710. The molecule has 0 aromatic heterocycles. The SMILES string of the molecule is CCCCCCCC(C)(C)[SiH2]c1cccc(Cl)c1C(=O)NCC. The van der Waals surface area contributed by atoms with Gasteiger partial charge in [-0.05, 0) is 18.0 Å². The monoisotopic (exact) mass is 353 g/mol. The van der Waals surface area contributed by atoms with Crippen LogP contribution >= 0.6 is 11.6 Å². The van der Waals surface area contributed by atoms with Gasteiger partial charge in [0.25, 0.3) is 5.91 Å². The summed E-state index contributed by atoms with van der Waals surface area (Å²) in [5.74, 6) is -0.0284. The van der Waals surface area contributed by atoms with Gasteiger partial charge in [0.1, 0.15) is 0 Å². The predicted octanol–water partition coefficient (Wildman–Crippen LogP) is 4.44. The van der Waals surface area contributed by atoms with Crippen molar-refractivity contribution in [2.24, 2.45) is 0 Å². The van der Waals surface area contributed by atoms with Crippen LogP contribution in [0.5, 0.6) is 0 Å². The average Bonchev–Trinajstić information content (AvgIpc) is 2.46. The molecule has 0 saturated carbocycles. The topological polar surface area (TPSA) is 29.1 Å². The van der Waals surface area contributed by atoms with E-state index in [0.29, 0.717) is 22.2 Å². The molecule has 0 fully saturated rings. The smallest absolute Gasteiger partial charge is 0.252 e. The van der Waals surface area contributed by atoms with Crippen LogP contribution in [-0.2, 0) is 0 Å². The van der Waals surface area contributed by atoms with E-state index in [-0.39, 0.29) is 5.91 Å². The molecule has 0 radical (unpaired) electrons. The predicted molar refractivity (Wildman–Crippen MR) is 105 cm³/mol. The highest BCUT2D eigenvalue weighted by atomic mass is 35.5. The molecule has 23 heavy (non-hydrogen) atoms. The Balaban J connectivity index is 2.74. The van der Waals surface area contributed by atoms with Crippen LogP contribution in [-0.4, -0.2) is 22.0 Å². The molecule has 0 saturated heterocycles. The maximum atomic E-state index is 12.3. The fourth-order valence-electron chi connectivity index (χ4n) is 3.03. The van der Waals surface area contributed by atoms with Crippen molar-refractivity contribution in [2.45, 2.75) is 71.3 Å². The van der Waals surface area contributed by atoms with Gasteiger partial charge in [-0.2, -0.15) is 0 Å². The van der Waals surface area contributed by atoms with E-state index in [1.165, 1.54) is 43.7 Å². The van der Waals surface area contributed by atoms with Crippen LogP contribution in [0, 0.1) is 0 Å². The molecule has 0 bridgehead atoms. The molecule has 1 N–H and O–H groups in total. The van der Waals surface area contributed by atoms with Crippen LogP contribution in [0.4, 0.5) is 0 Å². The van der Waals surface area contributed by atoms with E-state index in [1.807, 2.05) is 19.1 Å². The number of carbonyl (C=O) groups excluding carboxylic acids is 1. The Morgan fingerprint density at radius 3 is 2.52 bits per heavy atom. The van der Waals surface area contributed by atoms with Gasteiger partial charge in [0.2, 0.25) is 0 Å². The summed E-state index contributed by atoms with van der Waals surface area (Å²) in [6.07, 6.45) is 7.82. The van der Waals surface area contributed by atoms with Gasteiger partial charge in [0.15, 0.2) is 0 Å². The molecule has 1 aromatic carbocycles. The Morgan fingerprint density at radius 1 is 1.17 bits per heavy atom. The lowest BCUT2D eigenvalue weighted by Gasteiger charge is -2.25. The van der Waals surface area contributed by atoms with Crippen molar-refractivity contribution in [2.75, 3.05) is 6.54 Å². The summed E-state index contributed by atoms with van der Waals surface area (Å²) < 4.78 is 0. The van der Waals surface area contributed by atoms with Crippen molar-refractivity contribution in [1.29, 1.82) is 0 Å². The molecule has 0 heterocycles. The van der Waals surface area contributed by atoms with Crippen molar-refractivity contribution in [3.05, 3.63) is 28.8 Å².